The summed E-state index contributed by atoms with van der Waals surface area (Å²) in [7, 11) is -2.35. The summed E-state index contributed by atoms with van der Waals surface area (Å²) in [6.45, 7) is 1.49. The van der Waals surface area contributed by atoms with Crippen LogP contribution < -0.4 is 5.32 Å². The molecule has 100 valence electrons. The number of nitrogens with one attached hydrogen (secondary N) is 1. The number of anilines is 1. The molecule has 0 saturated carbocycles. The first-order valence-electron chi connectivity index (χ1n) is 5.53. The Balaban J connectivity index is 2.24. The molecule has 1 N–H and O–H groups in total. The predicted molar refractivity (Wildman–Crippen MR) is 72.9 cm³/mol. The fourth-order valence-corrected chi connectivity index (χ4v) is 2.38. The third kappa shape index (κ3) is 2.82. The number of benzene rings is 1. The average Bonchev–Trinajstić information content (AvgIpc) is 2.34. The highest BCUT2D eigenvalue weighted by atomic mass is 32.2. The summed E-state index contributed by atoms with van der Waals surface area (Å²) >= 11 is 0. The van der Waals surface area contributed by atoms with Gasteiger partial charge in [0.2, 0.25) is 0 Å². The monoisotopic (exact) mass is 279 g/mol. The van der Waals surface area contributed by atoms with E-state index in [0.717, 1.165) is 4.31 Å². The minimum atomic E-state index is -3.69. The third-order valence-corrected chi connectivity index (χ3v) is 3.93. The van der Waals surface area contributed by atoms with E-state index in [1.165, 1.54) is 20.2 Å². The summed E-state index contributed by atoms with van der Waals surface area (Å²) < 4.78 is 27.4. The van der Waals surface area contributed by atoms with E-state index in [0.29, 0.717) is 5.69 Å². The third-order valence-electron chi connectivity index (χ3n) is 2.59. The number of amides is 1. The van der Waals surface area contributed by atoms with Gasteiger partial charge >= 0.3 is 10.2 Å². The lowest BCUT2D eigenvalue weighted by Crippen LogP contribution is -2.30. The van der Waals surface area contributed by atoms with Gasteiger partial charge < -0.3 is 5.32 Å². The maximum absolute atomic E-state index is 12.1. The summed E-state index contributed by atoms with van der Waals surface area (Å²) in [6.07, 6.45) is 1.26. The maximum atomic E-state index is 12.1. The van der Waals surface area contributed by atoms with Gasteiger partial charge in [0.25, 0.3) is 5.91 Å². The van der Waals surface area contributed by atoms with Gasteiger partial charge in [-0.3, -0.25) is 9.10 Å². The molecule has 0 radical (unpaired) electrons. The second-order valence-electron chi connectivity index (χ2n) is 4.03. The topological polar surface area (TPSA) is 78.8 Å². The van der Waals surface area contributed by atoms with Crippen LogP contribution in [0.4, 0.5) is 5.69 Å². The van der Waals surface area contributed by atoms with Gasteiger partial charge in [0, 0.05) is 18.9 Å². The molecule has 7 heteroatoms. The van der Waals surface area contributed by atoms with E-state index in [4.69, 9.17) is 0 Å². The zero-order valence-corrected chi connectivity index (χ0v) is 11.3. The normalized spacial score (nSPS) is 17.5. The molecule has 1 amide bonds. The van der Waals surface area contributed by atoms with Crippen LogP contribution in [0.1, 0.15) is 6.92 Å². The Kier molecular flexibility index (Phi) is 3.39. The van der Waals surface area contributed by atoms with Crippen molar-refractivity contribution in [3.8, 4) is 0 Å². The van der Waals surface area contributed by atoms with Crippen LogP contribution in [0.2, 0.25) is 0 Å². The highest BCUT2D eigenvalue weighted by Crippen LogP contribution is 2.16. The number of para-hydroxylation sites is 1. The first kappa shape index (κ1) is 13.3. The first-order valence-corrected chi connectivity index (χ1v) is 6.93. The summed E-state index contributed by atoms with van der Waals surface area (Å²) in [5.41, 5.74) is 1.03. The lowest BCUT2D eigenvalue weighted by atomic mass is 10.1. The molecule has 2 rings (SSSR count). The smallest absolute Gasteiger partial charge is 0.322 e. The minimum Gasteiger partial charge on any atom is -0.322 e. The van der Waals surface area contributed by atoms with E-state index >= 15 is 0 Å². The van der Waals surface area contributed by atoms with Crippen molar-refractivity contribution in [3.05, 3.63) is 42.1 Å². The average molecular weight is 279 g/mol. The van der Waals surface area contributed by atoms with Crippen LogP contribution in [0.5, 0.6) is 0 Å². The van der Waals surface area contributed by atoms with Crippen LogP contribution in [-0.2, 0) is 15.0 Å². The van der Waals surface area contributed by atoms with E-state index < -0.39 is 16.1 Å². The van der Waals surface area contributed by atoms with Crippen molar-refractivity contribution in [1.29, 1.82) is 0 Å². The van der Waals surface area contributed by atoms with E-state index in [1.807, 2.05) is 6.07 Å². The summed E-state index contributed by atoms with van der Waals surface area (Å²) in [5.74, 6) is -0.394. The van der Waals surface area contributed by atoms with Crippen molar-refractivity contribution >= 4 is 27.5 Å². The van der Waals surface area contributed by atoms with Crippen molar-refractivity contribution in [2.45, 2.75) is 6.92 Å². The van der Waals surface area contributed by atoms with Gasteiger partial charge in [-0.2, -0.15) is 8.42 Å². The van der Waals surface area contributed by atoms with E-state index in [1.54, 1.807) is 24.3 Å². The van der Waals surface area contributed by atoms with E-state index in [2.05, 4.69) is 9.71 Å². The van der Waals surface area contributed by atoms with Gasteiger partial charge in [-0.15, -0.1) is 4.40 Å². The van der Waals surface area contributed by atoms with Crippen molar-refractivity contribution < 1.29 is 13.2 Å². The lowest BCUT2D eigenvalue weighted by molar-refractivity contribution is -0.112. The van der Waals surface area contributed by atoms with Gasteiger partial charge in [0.1, 0.15) is 0 Å². The Morgan fingerprint density at radius 2 is 1.89 bits per heavy atom. The van der Waals surface area contributed by atoms with Crippen LogP contribution >= 0.6 is 0 Å². The Bertz CT molecular complexity index is 663. The fraction of sp³-hybridized carbons (Fsp3) is 0.167. The molecule has 0 aromatic heterocycles. The Morgan fingerprint density at radius 1 is 1.26 bits per heavy atom. The van der Waals surface area contributed by atoms with Gasteiger partial charge in [-0.1, -0.05) is 18.2 Å². The minimum absolute atomic E-state index is 0.173. The molecule has 1 heterocycles. The molecule has 0 fully saturated rings. The van der Waals surface area contributed by atoms with Crippen molar-refractivity contribution in [2.75, 3.05) is 12.4 Å². The van der Waals surface area contributed by atoms with Crippen molar-refractivity contribution in [1.82, 2.24) is 4.31 Å². The maximum Gasteiger partial charge on any atom is 0.344 e. The molecule has 0 aliphatic carbocycles. The quantitative estimate of drug-likeness (QED) is 0.882. The summed E-state index contributed by atoms with van der Waals surface area (Å²) in [4.78, 5) is 12.1. The zero-order chi connectivity index (χ0) is 14.0. The highest BCUT2D eigenvalue weighted by molar-refractivity contribution is 7.88. The van der Waals surface area contributed by atoms with E-state index in [-0.39, 0.29) is 11.3 Å². The SMILES string of the molecule is CC1=NS(=O)(=O)N(C)C=C1C(=O)Nc1ccccc1. The summed E-state index contributed by atoms with van der Waals surface area (Å²) in [5, 5.41) is 2.68. The molecule has 0 atom stereocenters. The van der Waals surface area contributed by atoms with Crippen molar-refractivity contribution in [3.63, 3.8) is 0 Å². The zero-order valence-electron chi connectivity index (χ0n) is 10.5. The first-order chi connectivity index (χ1) is 8.90. The molecule has 1 aliphatic rings. The Labute approximate surface area is 111 Å². The van der Waals surface area contributed by atoms with Gasteiger partial charge in [0.05, 0.1) is 11.3 Å². The number of rotatable bonds is 2. The number of hydrogen-bond acceptors (Lipinski definition) is 3. The number of carbonyl (C=O) groups is 1. The molecule has 6 nitrogen and oxygen atoms in total. The molecule has 1 aromatic rings. The number of hydrogen-bond donors (Lipinski definition) is 1. The fourth-order valence-electron chi connectivity index (χ4n) is 1.57. The molecule has 1 aliphatic heterocycles. The molecular weight excluding hydrogens is 266 g/mol. The largest absolute Gasteiger partial charge is 0.344 e. The molecular formula is C12H13N3O3S. The van der Waals surface area contributed by atoms with Crippen molar-refractivity contribution in [2.24, 2.45) is 4.40 Å². The second kappa shape index (κ2) is 4.85. The second-order valence-corrected chi connectivity index (χ2v) is 5.69. The van der Waals surface area contributed by atoms with Crippen LogP contribution in [0.3, 0.4) is 0 Å². The van der Waals surface area contributed by atoms with Gasteiger partial charge in [-0.05, 0) is 19.1 Å². The van der Waals surface area contributed by atoms with Crippen LogP contribution in [0.15, 0.2) is 46.5 Å². The van der Waals surface area contributed by atoms with E-state index in [9.17, 15) is 13.2 Å². The van der Waals surface area contributed by atoms with Crippen LogP contribution in [0, 0.1) is 0 Å². The molecule has 0 spiro atoms. The summed E-state index contributed by atoms with van der Waals surface area (Å²) in [6, 6.07) is 8.91. The van der Waals surface area contributed by atoms with Crippen LogP contribution in [-0.4, -0.2) is 31.4 Å². The Hall–Kier alpha value is -2.15. The number of nitrogens with zero attached hydrogens (tertiary/aromatic N) is 2. The Morgan fingerprint density at radius 3 is 2.53 bits per heavy atom. The molecule has 19 heavy (non-hydrogen) atoms. The molecule has 0 saturated heterocycles. The standard InChI is InChI=1S/C12H13N3O3S/c1-9-11(8-15(2)19(17,18)14-9)12(16)13-10-6-4-3-5-7-10/h3-8H,1-2H3,(H,13,16). The highest BCUT2D eigenvalue weighted by Gasteiger charge is 2.25. The van der Waals surface area contributed by atoms with Gasteiger partial charge in [0.15, 0.2) is 0 Å². The lowest BCUT2D eigenvalue weighted by Gasteiger charge is -2.19. The molecule has 0 unspecified atom stereocenters. The molecule has 1 aromatic carbocycles. The van der Waals surface area contributed by atoms with Gasteiger partial charge in [-0.25, -0.2) is 0 Å². The predicted octanol–water partition coefficient (Wildman–Crippen LogP) is 1.16. The molecule has 0 bridgehead atoms. The number of carbonyl (C=O) groups excluding carboxylic acids is 1. The van der Waals surface area contributed by atoms with Crippen LogP contribution in [0.25, 0.3) is 0 Å².